The second kappa shape index (κ2) is 6.34. The fourth-order valence-corrected chi connectivity index (χ4v) is 2.05. The van der Waals surface area contributed by atoms with Gasteiger partial charge in [0.25, 0.3) is 0 Å². The summed E-state index contributed by atoms with van der Waals surface area (Å²) in [6.45, 7) is 5.70. The highest BCUT2D eigenvalue weighted by Gasteiger charge is 2.34. The van der Waals surface area contributed by atoms with Crippen LogP contribution in [0.1, 0.15) is 28.8 Å². The normalized spacial score (nSPS) is 12.5. The zero-order valence-electron chi connectivity index (χ0n) is 10.9. The molecule has 0 spiro atoms. The van der Waals surface area contributed by atoms with Crippen LogP contribution in [0.25, 0.3) is 5.57 Å². The number of hydrogen-bond acceptors (Lipinski definition) is 4. The van der Waals surface area contributed by atoms with Crippen molar-refractivity contribution in [3.8, 4) is 0 Å². The van der Waals surface area contributed by atoms with Crippen LogP contribution in [0, 0.1) is 6.92 Å². The first-order valence-corrected chi connectivity index (χ1v) is 7.91. The third kappa shape index (κ3) is 3.99. The molecule has 2 aromatic heterocycles. The predicted octanol–water partition coefficient (Wildman–Crippen LogP) is 5.49. The van der Waals surface area contributed by atoms with Gasteiger partial charge in [-0.2, -0.15) is 0 Å². The van der Waals surface area contributed by atoms with Crippen molar-refractivity contribution in [2.24, 2.45) is 0 Å². The third-order valence-corrected chi connectivity index (χ3v) is 3.56. The molecule has 0 amide bonds. The molecule has 0 bridgehead atoms. The minimum atomic E-state index is -1.92. The van der Waals surface area contributed by atoms with Gasteiger partial charge in [-0.25, -0.2) is 15.0 Å². The lowest BCUT2D eigenvalue weighted by Gasteiger charge is -2.16. The molecule has 4 nitrogen and oxygen atoms in total. The first kappa shape index (κ1) is 18.1. The molecule has 0 saturated heterocycles. The number of nitrogens with zero attached hydrogens (tertiary/aromatic N) is 3. The Hall–Kier alpha value is -0.230. The van der Waals surface area contributed by atoms with Crippen LogP contribution in [0.5, 0.6) is 0 Å². The molecule has 0 radical (unpaired) electrons. The summed E-state index contributed by atoms with van der Waals surface area (Å²) in [5.74, 6) is 0.177. The molecule has 0 N–H and O–H groups in total. The van der Waals surface area contributed by atoms with E-state index in [-0.39, 0.29) is 17.5 Å². The van der Waals surface area contributed by atoms with Gasteiger partial charge in [-0.3, -0.25) is 0 Å². The highest BCUT2D eigenvalue weighted by molar-refractivity contribution is 6.67. The molecular weight excluding hydrogens is 415 g/mol. The third-order valence-electron chi connectivity index (χ3n) is 2.55. The summed E-state index contributed by atoms with van der Waals surface area (Å²) in [4.78, 5) is 12.0. The summed E-state index contributed by atoms with van der Waals surface area (Å²) in [7, 11) is 0. The van der Waals surface area contributed by atoms with Gasteiger partial charge in [-0.05, 0) is 18.6 Å². The zero-order chi connectivity index (χ0) is 16.7. The van der Waals surface area contributed by atoms with E-state index in [9.17, 15) is 0 Å². The summed E-state index contributed by atoms with van der Waals surface area (Å²) in [6.07, 6.45) is 1.50. The Balaban J connectivity index is 2.61. The Kier molecular flexibility index (Phi) is 5.22. The van der Waals surface area contributed by atoms with E-state index in [1.807, 2.05) is 6.92 Å². The minimum absolute atomic E-state index is 0.0794. The quantitative estimate of drug-likeness (QED) is 0.602. The summed E-state index contributed by atoms with van der Waals surface area (Å²) < 4.78 is 1.50. The van der Waals surface area contributed by atoms with E-state index in [0.29, 0.717) is 11.3 Å². The summed E-state index contributed by atoms with van der Waals surface area (Å²) in [5.41, 5.74) is 1.17. The maximum Gasteiger partial charge on any atom is 0.250 e. The van der Waals surface area contributed by atoms with Crippen LogP contribution in [0.15, 0.2) is 23.3 Å². The van der Waals surface area contributed by atoms with Crippen molar-refractivity contribution in [3.63, 3.8) is 0 Å². The van der Waals surface area contributed by atoms with Crippen LogP contribution in [0.4, 0.5) is 0 Å². The molecule has 0 aliphatic heterocycles. The smallest absolute Gasteiger partial charge is 0.250 e. The molecular formula is C12H7Cl6N3O. The van der Waals surface area contributed by atoms with E-state index >= 15 is 0 Å². The summed E-state index contributed by atoms with van der Waals surface area (Å²) in [5, 5.41) is 0. The second-order valence-corrected chi connectivity index (χ2v) is 8.78. The van der Waals surface area contributed by atoms with E-state index in [4.69, 9.17) is 74.0 Å². The number of aryl methyl sites for hydroxylation is 1. The summed E-state index contributed by atoms with van der Waals surface area (Å²) in [6, 6.07) is 1.76. The van der Waals surface area contributed by atoms with Crippen LogP contribution in [0.3, 0.4) is 0 Å². The van der Waals surface area contributed by atoms with Crippen LogP contribution >= 0.6 is 69.6 Å². The summed E-state index contributed by atoms with van der Waals surface area (Å²) >= 11 is 34.9. The molecule has 118 valence electrons. The van der Waals surface area contributed by atoms with E-state index < -0.39 is 7.59 Å². The predicted molar refractivity (Wildman–Crippen MR) is 89.9 cm³/mol. The van der Waals surface area contributed by atoms with Crippen molar-refractivity contribution in [1.82, 2.24) is 15.0 Å². The van der Waals surface area contributed by atoms with Gasteiger partial charge in [0.2, 0.25) is 7.59 Å². The number of furan rings is 1. The lowest BCUT2D eigenvalue weighted by molar-refractivity contribution is 0.550. The Labute approximate surface area is 156 Å². The molecule has 0 atom stereocenters. The van der Waals surface area contributed by atoms with Crippen LogP contribution in [-0.4, -0.2) is 15.0 Å². The van der Waals surface area contributed by atoms with Gasteiger partial charge in [0.05, 0.1) is 11.8 Å². The highest BCUT2D eigenvalue weighted by Crippen LogP contribution is 2.40. The Morgan fingerprint density at radius 1 is 1.00 bits per heavy atom. The van der Waals surface area contributed by atoms with Gasteiger partial charge in [-0.1, -0.05) is 76.2 Å². The van der Waals surface area contributed by atoms with E-state index in [2.05, 4.69) is 21.5 Å². The lowest BCUT2D eigenvalue weighted by Crippen LogP contribution is -2.18. The molecule has 0 fully saturated rings. The van der Waals surface area contributed by atoms with Crippen molar-refractivity contribution < 1.29 is 4.42 Å². The van der Waals surface area contributed by atoms with Gasteiger partial charge in [0.15, 0.2) is 17.5 Å². The van der Waals surface area contributed by atoms with Gasteiger partial charge < -0.3 is 4.42 Å². The minimum Gasteiger partial charge on any atom is -0.464 e. The SMILES string of the molecule is C=C(c1nc(C(Cl)(Cl)Cl)nc(C(Cl)(Cl)Cl)n1)c1occc1C. The molecule has 2 heterocycles. The van der Waals surface area contributed by atoms with Crippen molar-refractivity contribution in [2.45, 2.75) is 14.5 Å². The van der Waals surface area contributed by atoms with E-state index in [1.165, 1.54) is 6.26 Å². The van der Waals surface area contributed by atoms with Crippen LogP contribution in [0.2, 0.25) is 0 Å². The van der Waals surface area contributed by atoms with E-state index in [0.717, 1.165) is 5.56 Å². The second-order valence-electron chi connectivity index (χ2n) is 4.21. The number of alkyl halides is 6. The van der Waals surface area contributed by atoms with Crippen molar-refractivity contribution >= 4 is 75.2 Å². The molecule has 22 heavy (non-hydrogen) atoms. The maximum absolute atomic E-state index is 5.81. The van der Waals surface area contributed by atoms with Crippen molar-refractivity contribution in [1.29, 1.82) is 0 Å². The average Bonchev–Trinajstić information content (AvgIpc) is 2.81. The number of halogens is 6. The topological polar surface area (TPSA) is 51.8 Å². The molecule has 0 unspecified atom stereocenters. The standard InChI is InChI=1S/C12H7Cl6N3O/c1-5-3-4-22-7(5)6(2)8-19-9(11(13,14)15)21-10(20-8)12(16,17)18/h3-4H,2H2,1H3. The van der Waals surface area contributed by atoms with Gasteiger partial charge >= 0.3 is 0 Å². The number of aromatic nitrogens is 3. The van der Waals surface area contributed by atoms with Gasteiger partial charge in [-0.15, -0.1) is 0 Å². The largest absolute Gasteiger partial charge is 0.464 e. The van der Waals surface area contributed by atoms with Gasteiger partial charge in [0.1, 0.15) is 5.76 Å². The lowest BCUT2D eigenvalue weighted by atomic mass is 10.1. The molecule has 2 aromatic rings. The van der Waals surface area contributed by atoms with Crippen molar-refractivity contribution in [2.75, 3.05) is 0 Å². The zero-order valence-corrected chi connectivity index (χ0v) is 15.4. The highest BCUT2D eigenvalue weighted by atomic mass is 35.6. The monoisotopic (exact) mass is 419 g/mol. The van der Waals surface area contributed by atoms with Crippen LogP contribution < -0.4 is 0 Å². The average molecular weight is 422 g/mol. The first-order valence-electron chi connectivity index (χ1n) is 5.64. The molecule has 2 rings (SSSR count). The van der Waals surface area contributed by atoms with Gasteiger partial charge in [0, 0.05) is 0 Å². The molecule has 10 heteroatoms. The fraction of sp³-hybridized carbons (Fsp3) is 0.250. The first-order chi connectivity index (χ1) is 10.00. The molecule has 0 aliphatic carbocycles. The Morgan fingerprint density at radius 2 is 1.50 bits per heavy atom. The fourth-order valence-electron chi connectivity index (χ4n) is 1.55. The Morgan fingerprint density at radius 3 is 1.86 bits per heavy atom. The van der Waals surface area contributed by atoms with Crippen molar-refractivity contribution in [3.05, 3.63) is 47.7 Å². The molecule has 0 aromatic carbocycles. The number of rotatable bonds is 2. The Bertz CT molecular complexity index is 684. The molecule has 0 aliphatic rings. The van der Waals surface area contributed by atoms with E-state index in [1.54, 1.807) is 6.07 Å². The maximum atomic E-state index is 5.81. The number of hydrogen-bond donors (Lipinski definition) is 0. The van der Waals surface area contributed by atoms with Crippen LogP contribution in [-0.2, 0) is 7.59 Å². The molecule has 0 saturated carbocycles.